The summed E-state index contributed by atoms with van der Waals surface area (Å²) in [5.41, 5.74) is 10.8. The van der Waals surface area contributed by atoms with Crippen molar-refractivity contribution in [2.24, 2.45) is 0 Å². The number of nitrogens with zero attached hydrogens (tertiary/aromatic N) is 6. The summed E-state index contributed by atoms with van der Waals surface area (Å²) in [5.74, 6) is -0.476. The molecule has 0 aliphatic rings. The Morgan fingerprint density at radius 1 is 0.576 bits per heavy atom. The number of benzene rings is 6. The zero-order chi connectivity index (χ0) is 40.5. The second-order valence-electron chi connectivity index (χ2n) is 14.1. The van der Waals surface area contributed by atoms with Gasteiger partial charge in [0.1, 0.15) is 23.5 Å². The van der Waals surface area contributed by atoms with Gasteiger partial charge in [0.05, 0.1) is 39.4 Å². The smallest absolute Gasteiger partial charge is 0.267 e. The zero-order valence-corrected chi connectivity index (χ0v) is 31.7. The number of carbonyl (C=O) groups excluding carboxylic acids is 2. The molecule has 0 aliphatic heterocycles. The summed E-state index contributed by atoms with van der Waals surface area (Å²) in [6, 6.07) is 58.1. The Labute approximate surface area is 340 Å². The number of rotatable bonds is 8. The van der Waals surface area contributed by atoms with E-state index < -0.39 is 5.91 Å². The van der Waals surface area contributed by atoms with Gasteiger partial charge in [0.25, 0.3) is 5.91 Å². The maximum Gasteiger partial charge on any atom is 0.267 e. The fraction of sp³-hybridized carbons (Fsp3) is 0.0196. The molecule has 9 rings (SSSR count). The highest BCUT2D eigenvalue weighted by molar-refractivity contribution is 6.20. The van der Waals surface area contributed by atoms with Crippen molar-refractivity contribution in [2.75, 3.05) is 4.90 Å². The van der Waals surface area contributed by atoms with Crippen LogP contribution in [0.3, 0.4) is 0 Å². The number of imide groups is 1. The summed E-state index contributed by atoms with van der Waals surface area (Å²) in [6.45, 7) is 1.88. The van der Waals surface area contributed by atoms with Gasteiger partial charge in [-0.25, -0.2) is 14.9 Å². The Morgan fingerprint density at radius 3 is 1.68 bits per heavy atom. The molecule has 0 fully saturated rings. The predicted molar refractivity (Wildman–Crippen MR) is 232 cm³/mol. The van der Waals surface area contributed by atoms with Crippen molar-refractivity contribution in [1.29, 1.82) is 10.5 Å². The van der Waals surface area contributed by atoms with Crippen molar-refractivity contribution in [1.82, 2.24) is 14.5 Å². The van der Waals surface area contributed by atoms with Crippen LogP contribution in [0.4, 0.5) is 5.69 Å². The van der Waals surface area contributed by atoms with E-state index in [9.17, 15) is 15.3 Å². The Hall–Kier alpha value is -8.46. The van der Waals surface area contributed by atoms with Gasteiger partial charge in [0.2, 0.25) is 6.41 Å². The number of aromatic nitrogens is 3. The number of nitriles is 2. The molecule has 0 spiro atoms. The maximum atomic E-state index is 15.1. The second-order valence-corrected chi connectivity index (χ2v) is 14.1. The number of carbonyl (C=O) groups is 2. The Bertz CT molecular complexity index is 3080. The normalized spacial score (nSPS) is 10.9. The topological polar surface area (TPSA) is 116 Å². The molecule has 59 heavy (non-hydrogen) atoms. The first kappa shape index (κ1) is 36.2. The number of hydrogen-bond donors (Lipinski definition) is 0. The maximum absolute atomic E-state index is 15.1. The molecule has 8 heteroatoms. The molecular weight excluding hydrogens is 729 g/mol. The fourth-order valence-corrected chi connectivity index (χ4v) is 7.77. The summed E-state index contributed by atoms with van der Waals surface area (Å²) in [6.07, 6.45) is 0.595. The number of anilines is 1. The van der Waals surface area contributed by atoms with E-state index in [2.05, 4.69) is 26.7 Å². The molecule has 8 nitrogen and oxygen atoms in total. The Kier molecular flexibility index (Phi) is 9.34. The molecular formula is C51H32N6O2. The molecule has 9 aromatic rings. The van der Waals surface area contributed by atoms with Crippen LogP contribution in [0.2, 0.25) is 0 Å². The van der Waals surface area contributed by atoms with E-state index in [0.717, 1.165) is 55.2 Å². The van der Waals surface area contributed by atoms with E-state index >= 15 is 4.79 Å². The molecule has 0 saturated heterocycles. The van der Waals surface area contributed by atoms with Gasteiger partial charge in [-0.3, -0.25) is 9.59 Å². The second kappa shape index (κ2) is 15.2. The van der Waals surface area contributed by atoms with Gasteiger partial charge in [0.15, 0.2) is 0 Å². The molecule has 278 valence electrons. The van der Waals surface area contributed by atoms with E-state index in [0.29, 0.717) is 51.7 Å². The molecule has 0 bridgehead atoms. The van der Waals surface area contributed by atoms with Gasteiger partial charge in [-0.1, -0.05) is 103 Å². The van der Waals surface area contributed by atoms with E-state index in [-0.39, 0.29) is 0 Å². The number of amides is 2. The van der Waals surface area contributed by atoms with E-state index in [1.807, 2.05) is 165 Å². The highest BCUT2D eigenvalue weighted by atomic mass is 16.2. The molecule has 0 atom stereocenters. The van der Waals surface area contributed by atoms with Crippen molar-refractivity contribution < 1.29 is 9.59 Å². The predicted octanol–water partition coefficient (Wildman–Crippen LogP) is 11.1. The number of pyridine rings is 2. The van der Waals surface area contributed by atoms with Crippen molar-refractivity contribution in [3.05, 3.63) is 192 Å². The molecule has 3 heterocycles. The minimum atomic E-state index is -0.476. The number of fused-ring (bicyclic) bond motifs is 3. The minimum Gasteiger partial charge on any atom is -0.308 e. The van der Waals surface area contributed by atoms with Gasteiger partial charge >= 0.3 is 0 Å². The zero-order valence-electron chi connectivity index (χ0n) is 31.7. The third-order valence-electron chi connectivity index (χ3n) is 10.6. The Morgan fingerprint density at radius 2 is 1.12 bits per heavy atom. The lowest BCUT2D eigenvalue weighted by atomic mass is 9.96. The van der Waals surface area contributed by atoms with Gasteiger partial charge in [-0.2, -0.15) is 10.5 Å². The molecule has 0 radical (unpaired) electrons. The summed E-state index contributed by atoms with van der Waals surface area (Å²) in [7, 11) is 0. The lowest BCUT2D eigenvalue weighted by Crippen LogP contribution is -2.31. The van der Waals surface area contributed by atoms with Crippen LogP contribution in [0.5, 0.6) is 0 Å². The van der Waals surface area contributed by atoms with E-state index in [4.69, 9.17) is 0 Å². The Balaban J connectivity index is 1.25. The monoisotopic (exact) mass is 760 g/mol. The lowest BCUT2D eigenvalue weighted by Gasteiger charge is -2.23. The van der Waals surface area contributed by atoms with Crippen LogP contribution in [0.15, 0.2) is 170 Å². The van der Waals surface area contributed by atoms with Crippen molar-refractivity contribution in [3.8, 4) is 62.6 Å². The molecule has 2 amide bonds. The van der Waals surface area contributed by atoms with Crippen molar-refractivity contribution in [2.45, 2.75) is 6.92 Å². The first-order valence-corrected chi connectivity index (χ1v) is 18.9. The third kappa shape index (κ3) is 6.57. The minimum absolute atomic E-state index is 0.309. The van der Waals surface area contributed by atoms with Crippen molar-refractivity contribution in [3.63, 3.8) is 0 Å². The largest absolute Gasteiger partial charge is 0.308 e. The molecule has 0 N–H and O–H groups in total. The van der Waals surface area contributed by atoms with Gasteiger partial charge in [-0.05, 0) is 95.9 Å². The SMILES string of the molecule is Cc1cccc(-n2c3ccc(-c4cccc(C#N)n4)cc3c3cc(-c4cccc(C#N)n4)ccc32)c1C(=O)N(C=O)c1ccc(-c2ccccc2)cc1-c1ccccc1. The van der Waals surface area contributed by atoms with E-state index in [1.54, 1.807) is 12.1 Å². The van der Waals surface area contributed by atoms with Gasteiger partial charge in [0, 0.05) is 27.5 Å². The van der Waals surface area contributed by atoms with Crippen LogP contribution in [0.1, 0.15) is 27.3 Å². The first-order chi connectivity index (χ1) is 28.9. The standard InChI is InChI=1S/C51H32N6O2/c1-33-11-8-20-49(50(33)51(59)56(32-58)46-24-21-36(34-12-4-2-5-13-34)27-41(46)35-14-6-3-7-15-35)57-47-25-22-37(44-18-9-16-39(30-52)54-44)28-42(47)43-29-38(23-26-48(43)57)45-19-10-17-40(31-53)55-45/h2-29,32H,1H3. The highest BCUT2D eigenvalue weighted by Gasteiger charge is 2.27. The average Bonchev–Trinajstić information content (AvgIpc) is 3.62. The quantitative estimate of drug-likeness (QED) is 0.142. The number of hydrogen-bond acceptors (Lipinski definition) is 6. The van der Waals surface area contributed by atoms with Crippen LogP contribution >= 0.6 is 0 Å². The molecule has 6 aromatic carbocycles. The molecule has 0 aliphatic carbocycles. The van der Waals surface area contributed by atoms with Crippen LogP contribution in [0.25, 0.3) is 72.3 Å². The molecule has 0 unspecified atom stereocenters. The first-order valence-electron chi connectivity index (χ1n) is 18.9. The van der Waals surface area contributed by atoms with Crippen LogP contribution in [0, 0.1) is 29.6 Å². The van der Waals surface area contributed by atoms with Gasteiger partial charge < -0.3 is 4.57 Å². The van der Waals surface area contributed by atoms with E-state index in [1.165, 1.54) is 4.90 Å². The highest BCUT2D eigenvalue weighted by Crippen LogP contribution is 2.40. The lowest BCUT2D eigenvalue weighted by molar-refractivity contribution is -0.106. The van der Waals surface area contributed by atoms with Crippen molar-refractivity contribution >= 4 is 39.8 Å². The summed E-state index contributed by atoms with van der Waals surface area (Å²) < 4.78 is 2.05. The molecule has 0 saturated carbocycles. The fourth-order valence-electron chi connectivity index (χ4n) is 7.77. The summed E-state index contributed by atoms with van der Waals surface area (Å²) in [4.78, 5) is 38.7. The van der Waals surface area contributed by atoms with Crippen LogP contribution in [-0.4, -0.2) is 26.9 Å². The number of aryl methyl sites for hydroxylation is 1. The van der Waals surface area contributed by atoms with Crippen LogP contribution in [-0.2, 0) is 4.79 Å². The molecule has 3 aromatic heterocycles. The van der Waals surface area contributed by atoms with Gasteiger partial charge in [-0.15, -0.1) is 0 Å². The summed E-state index contributed by atoms with van der Waals surface area (Å²) >= 11 is 0. The summed E-state index contributed by atoms with van der Waals surface area (Å²) in [5, 5.41) is 20.9. The van der Waals surface area contributed by atoms with Crippen LogP contribution < -0.4 is 4.90 Å². The average molecular weight is 761 g/mol. The third-order valence-corrected chi connectivity index (χ3v) is 10.6.